The zero-order chi connectivity index (χ0) is 19.3. The Morgan fingerprint density at radius 1 is 1.15 bits per heavy atom. The molecule has 1 atom stereocenters. The molecule has 0 bridgehead atoms. The fourth-order valence-electron chi connectivity index (χ4n) is 3.16. The molecule has 1 aliphatic heterocycles. The lowest BCUT2D eigenvalue weighted by Gasteiger charge is -2.30. The molecule has 140 valence electrons. The summed E-state index contributed by atoms with van der Waals surface area (Å²) in [6.07, 6.45) is 5.85. The lowest BCUT2D eigenvalue weighted by molar-refractivity contribution is 0.301. The van der Waals surface area contributed by atoms with E-state index in [1.54, 1.807) is 47.8 Å². The van der Waals surface area contributed by atoms with Gasteiger partial charge in [0.1, 0.15) is 5.75 Å². The number of benzene rings is 2. The number of hydrogen-bond donors (Lipinski definition) is 0. The molecule has 0 radical (unpaired) electrons. The van der Waals surface area contributed by atoms with Crippen molar-refractivity contribution in [1.29, 1.82) is 5.26 Å². The van der Waals surface area contributed by atoms with Crippen LogP contribution in [0.2, 0.25) is 0 Å². The summed E-state index contributed by atoms with van der Waals surface area (Å²) in [5.41, 5.74) is 1.63. The highest BCUT2D eigenvalue weighted by molar-refractivity contribution is 7.89. The minimum absolute atomic E-state index is 0.169. The third-order valence-corrected chi connectivity index (χ3v) is 6.60. The number of rotatable bonds is 5. The number of ether oxygens (including phenoxy) is 1. The molecule has 0 amide bonds. The van der Waals surface area contributed by atoms with Gasteiger partial charge in [-0.15, -0.1) is 0 Å². The number of nitrogens with zero attached hydrogens (tertiary/aromatic N) is 2. The van der Waals surface area contributed by atoms with Crippen LogP contribution in [0, 0.1) is 17.2 Å². The van der Waals surface area contributed by atoms with Gasteiger partial charge in [0, 0.05) is 13.1 Å². The van der Waals surface area contributed by atoms with E-state index in [0.29, 0.717) is 29.3 Å². The van der Waals surface area contributed by atoms with Crippen LogP contribution in [0.4, 0.5) is 0 Å². The Bertz CT molecular complexity index is 942. The van der Waals surface area contributed by atoms with Gasteiger partial charge in [0.05, 0.1) is 23.6 Å². The lowest BCUT2D eigenvalue weighted by Crippen LogP contribution is -2.39. The van der Waals surface area contributed by atoms with Gasteiger partial charge in [-0.05, 0) is 60.7 Å². The maximum Gasteiger partial charge on any atom is 0.243 e. The van der Waals surface area contributed by atoms with Crippen molar-refractivity contribution in [2.75, 3.05) is 20.2 Å². The Morgan fingerprint density at radius 3 is 2.48 bits per heavy atom. The fourth-order valence-corrected chi connectivity index (χ4v) is 4.70. The summed E-state index contributed by atoms with van der Waals surface area (Å²) >= 11 is 0. The average Bonchev–Trinajstić information content (AvgIpc) is 2.73. The highest BCUT2D eigenvalue weighted by Crippen LogP contribution is 2.26. The molecule has 6 heteroatoms. The molecule has 2 aromatic carbocycles. The van der Waals surface area contributed by atoms with Crippen molar-refractivity contribution in [3.8, 4) is 11.8 Å². The van der Waals surface area contributed by atoms with Crippen molar-refractivity contribution in [2.24, 2.45) is 5.92 Å². The summed E-state index contributed by atoms with van der Waals surface area (Å²) in [7, 11) is -1.95. The number of methoxy groups -OCH3 is 1. The van der Waals surface area contributed by atoms with E-state index in [-0.39, 0.29) is 5.92 Å². The number of nitriles is 1. The predicted molar refractivity (Wildman–Crippen MR) is 105 cm³/mol. The first-order chi connectivity index (χ1) is 13.0. The largest absolute Gasteiger partial charge is 0.497 e. The molecule has 1 aliphatic rings. The van der Waals surface area contributed by atoms with Gasteiger partial charge in [-0.25, -0.2) is 8.42 Å². The molecular formula is C21H22N2O3S. The summed E-state index contributed by atoms with van der Waals surface area (Å²) in [4.78, 5) is 0.292. The molecule has 1 heterocycles. The van der Waals surface area contributed by atoms with Crippen LogP contribution in [-0.4, -0.2) is 32.9 Å². The van der Waals surface area contributed by atoms with Gasteiger partial charge in [-0.2, -0.15) is 9.57 Å². The Kier molecular flexibility index (Phi) is 5.94. The Hall–Kier alpha value is -2.62. The van der Waals surface area contributed by atoms with Crippen molar-refractivity contribution >= 4 is 16.1 Å². The molecule has 1 fully saturated rings. The SMILES string of the molecule is COc1ccc(S(=O)(=O)N2CCCC(C=Cc3ccc(C#N)cc3)C2)cc1. The van der Waals surface area contributed by atoms with Crippen LogP contribution in [-0.2, 0) is 10.0 Å². The molecule has 2 aromatic rings. The van der Waals surface area contributed by atoms with Crippen LogP contribution in [0.3, 0.4) is 0 Å². The van der Waals surface area contributed by atoms with Crippen molar-refractivity contribution < 1.29 is 13.2 Å². The summed E-state index contributed by atoms with van der Waals surface area (Å²) in [6.45, 7) is 1.01. The second-order valence-electron chi connectivity index (χ2n) is 6.53. The third-order valence-electron chi connectivity index (χ3n) is 4.72. The molecule has 0 saturated carbocycles. The first kappa shape index (κ1) is 19.2. The maximum absolute atomic E-state index is 12.9. The minimum atomic E-state index is -3.50. The smallest absolute Gasteiger partial charge is 0.243 e. The fraction of sp³-hybridized carbons (Fsp3) is 0.286. The van der Waals surface area contributed by atoms with Crippen molar-refractivity contribution in [3.63, 3.8) is 0 Å². The summed E-state index contributed by atoms with van der Waals surface area (Å²) < 4.78 is 32.5. The van der Waals surface area contributed by atoms with E-state index >= 15 is 0 Å². The van der Waals surface area contributed by atoms with Gasteiger partial charge in [0.15, 0.2) is 0 Å². The summed E-state index contributed by atoms with van der Waals surface area (Å²) in [6, 6.07) is 15.9. The van der Waals surface area contributed by atoms with E-state index in [2.05, 4.69) is 12.1 Å². The standard InChI is InChI=1S/C21H22N2O3S/c1-26-20-10-12-21(13-11-20)27(24,25)23-14-2-3-19(16-23)9-6-17-4-7-18(15-22)8-5-17/h4-13,19H,2-3,14,16H2,1H3. The summed E-state index contributed by atoms with van der Waals surface area (Å²) in [5.74, 6) is 0.804. The van der Waals surface area contributed by atoms with Crippen LogP contribution in [0.5, 0.6) is 5.75 Å². The quantitative estimate of drug-likeness (QED) is 0.791. The monoisotopic (exact) mass is 382 g/mol. The molecule has 0 N–H and O–H groups in total. The van der Waals surface area contributed by atoms with Gasteiger partial charge >= 0.3 is 0 Å². The van der Waals surface area contributed by atoms with Crippen LogP contribution in [0.15, 0.2) is 59.5 Å². The van der Waals surface area contributed by atoms with E-state index in [1.807, 2.05) is 18.2 Å². The first-order valence-corrected chi connectivity index (χ1v) is 10.3. The van der Waals surface area contributed by atoms with E-state index in [1.165, 1.54) is 0 Å². The second kappa shape index (κ2) is 8.38. The average molecular weight is 382 g/mol. The van der Waals surface area contributed by atoms with Crippen LogP contribution >= 0.6 is 0 Å². The van der Waals surface area contributed by atoms with Gasteiger partial charge in [0.25, 0.3) is 0 Å². The van der Waals surface area contributed by atoms with Gasteiger partial charge in [-0.1, -0.05) is 24.3 Å². The van der Waals surface area contributed by atoms with E-state index in [4.69, 9.17) is 10.00 Å². The Labute approximate surface area is 160 Å². The molecule has 27 heavy (non-hydrogen) atoms. The molecule has 5 nitrogen and oxygen atoms in total. The lowest BCUT2D eigenvalue weighted by atomic mass is 9.98. The first-order valence-electron chi connectivity index (χ1n) is 8.85. The van der Waals surface area contributed by atoms with Gasteiger partial charge < -0.3 is 4.74 Å². The maximum atomic E-state index is 12.9. The minimum Gasteiger partial charge on any atom is -0.497 e. The van der Waals surface area contributed by atoms with Crippen molar-refractivity contribution in [2.45, 2.75) is 17.7 Å². The molecule has 3 rings (SSSR count). The topological polar surface area (TPSA) is 70.4 Å². The highest BCUT2D eigenvalue weighted by atomic mass is 32.2. The Balaban J connectivity index is 1.70. The van der Waals surface area contributed by atoms with Crippen molar-refractivity contribution in [1.82, 2.24) is 4.31 Å². The zero-order valence-electron chi connectivity index (χ0n) is 15.2. The number of hydrogen-bond acceptors (Lipinski definition) is 4. The molecular weight excluding hydrogens is 360 g/mol. The summed E-state index contributed by atoms with van der Waals surface area (Å²) in [5, 5.41) is 8.85. The molecule has 0 aliphatic carbocycles. The van der Waals surface area contributed by atoms with Crippen molar-refractivity contribution in [3.05, 3.63) is 65.7 Å². The predicted octanol–water partition coefficient (Wildman–Crippen LogP) is 3.68. The molecule has 0 aromatic heterocycles. The zero-order valence-corrected chi connectivity index (χ0v) is 16.0. The Morgan fingerprint density at radius 2 is 1.85 bits per heavy atom. The highest BCUT2D eigenvalue weighted by Gasteiger charge is 2.29. The molecule has 1 saturated heterocycles. The van der Waals surface area contributed by atoms with Crippen LogP contribution in [0.25, 0.3) is 6.08 Å². The number of sulfonamides is 1. The van der Waals surface area contributed by atoms with Gasteiger partial charge in [-0.3, -0.25) is 0 Å². The van der Waals surface area contributed by atoms with E-state index in [9.17, 15) is 8.42 Å². The number of piperidine rings is 1. The molecule has 0 spiro atoms. The second-order valence-corrected chi connectivity index (χ2v) is 8.47. The normalized spacial score (nSPS) is 18.3. The van der Waals surface area contributed by atoms with Gasteiger partial charge in [0.2, 0.25) is 10.0 Å². The van der Waals surface area contributed by atoms with E-state index < -0.39 is 10.0 Å². The van der Waals surface area contributed by atoms with E-state index in [0.717, 1.165) is 18.4 Å². The third kappa shape index (κ3) is 4.57. The van der Waals surface area contributed by atoms with Crippen LogP contribution in [0.1, 0.15) is 24.0 Å². The molecule has 1 unspecified atom stereocenters. The van der Waals surface area contributed by atoms with Crippen LogP contribution < -0.4 is 4.74 Å².